The van der Waals surface area contributed by atoms with E-state index in [1.54, 1.807) is 18.2 Å². The predicted molar refractivity (Wildman–Crippen MR) is 125 cm³/mol. The van der Waals surface area contributed by atoms with Gasteiger partial charge in [0.1, 0.15) is 12.3 Å². The molecule has 0 bridgehead atoms. The van der Waals surface area contributed by atoms with Crippen LogP contribution in [0.3, 0.4) is 0 Å². The number of nitrogens with zero attached hydrogens (tertiary/aromatic N) is 1. The zero-order valence-electron chi connectivity index (χ0n) is 17.3. The zero-order valence-corrected chi connectivity index (χ0v) is 18.8. The summed E-state index contributed by atoms with van der Waals surface area (Å²) in [6.07, 6.45) is 1.55. The highest BCUT2D eigenvalue weighted by atomic mass is 35.5. The Morgan fingerprint density at radius 3 is 2.25 bits per heavy atom. The van der Waals surface area contributed by atoms with Gasteiger partial charge in [-0.1, -0.05) is 83.4 Å². The molecule has 1 N–H and O–H groups in total. The van der Waals surface area contributed by atoms with Gasteiger partial charge in [0, 0.05) is 0 Å². The molecule has 0 unspecified atom stereocenters. The van der Waals surface area contributed by atoms with Gasteiger partial charge in [-0.25, -0.2) is 4.79 Å². The number of carbonyl (C=O) groups is 2. The second-order valence-corrected chi connectivity index (χ2v) is 8.27. The van der Waals surface area contributed by atoms with Gasteiger partial charge in [-0.15, -0.1) is 0 Å². The van der Waals surface area contributed by atoms with Crippen molar-refractivity contribution < 1.29 is 14.3 Å². The van der Waals surface area contributed by atoms with Gasteiger partial charge in [-0.2, -0.15) is 0 Å². The maximum absolute atomic E-state index is 12.7. The molecule has 0 spiro atoms. The van der Waals surface area contributed by atoms with Gasteiger partial charge < -0.3 is 10.1 Å². The summed E-state index contributed by atoms with van der Waals surface area (Å²) < 4.78 is 5.81. The van der Waals surface area contributed by atoms with Gasteiger partial charge in [-0.3, -0.25) is 9.69 Å². The maximum atomic E-state index is 12.7. The monoisotopic (exact) mass is 466 g/mol. The van der Waals surface area contributed by atoms with E-state index in [0.717, 1.165) is 21.6 Å². The summed E-state index contributed by atoms with van der Waals surface area (Å²) in [5.41, 5.74) is 3.75. The molecule has 3 aromatic carbocycles. The molecule has 5 nitrogen and oxygen atoms in total. The number of halogens is 2. The first-order valence-corrected chi connectivity index (χ1v) is 10.7. The lowest BCUT2D eigenvalue weighted by atomic mass is 10.1. The molecule has 162 valence electrons. The summed E-state index contributed by atoms with van der Waals surface area (Å²) >= 11 is 12.8. The number of hydrogen-bond acceptors (Lipinski definition) is 3. The van der Waals surface area contributed by atoms with Crippen LogP contribution >= 0.6 is 23.2 Å². The quantitative estimate of drug-likeness (QED) is 0.359. The Hall–Kier alpha value is -3.28. The van der Waals surface area contributed by atoms with E-state index < -0.39 is 11.9 Å². The number of imide groups is 1. The van der Waals surface area contributed by atoms with Gasteiger partial charge in [-0.05, 0) is 41.8 Å². The summed E-state index contributed by atoms with van der Waals surface area (Å²) in [6.45, 7) is 2.53. The lowest BCUT2D eigenvalue weighted by Crippen LogP contribution is -2.30. The molecule has 0 aliphatic carbocycles. The topological polar surface area (TPSA) is 58.6 Å². The van der Waals surface area contributed by atoms with Gasteiger partial charge >= 0.3 is 6.03 Å². The Morgan fingerprint density at radius 2 is 1.59 bits per heavy atom. The number of rotatable bonds is 6. The summed E-state index contributed by atoms with van der Waals surface area (Å²) in [7, 11) is 0. The number of ether oxygens (including phenoxy) is 1. The van der Waals surface area contributed by atoms with E-state index in [9.17, 15) is 9.59 Å². The van der Waals surface area contributed by atoms with Crippen molar-refractivity contribution in [3.05, 3.63) is 105 Å². The molecule has 7 heteroatoms. The van der Waals surface area contributed by atoms with Crippen LogP contribution in [-0.2, 0) is 17.9 Å². The van der Waals surface area contributed by atoms with Crippen LogP contribution in [0, 0.1) is 6.92 Å². The van der Waals surface area contributed by atoms with E-state index in [2.05, 4.69) is 5.32 Å². The SMILES string of the molecule is Cc1ccc(COc2c(Cl)cc(/C=C3/NC(=O)N(Cc4ccccc4)C3=O)cc2Cl)cc1. The van der Waals surface area contributed by atoms with Crippen molar-refractivity contribution in [3.8, 4) is 5.75 Å². The van der Waals surface area contributed by atoms with Gasteiger partial charge in [0.05, 0.1) is 16.6 Å². The average Bonchev–Trinajstić information content (AvgIpc) is 3.02. The molecule has 1 aliphatic rings. The van der Waals surface area contributed by atoms with E-state index >= 15 is 0 Å². The molecule has 3 aromatic rings. The minimum Gasteiger partial charge on any atom is -0.486 e. The molecule has 1 aliphatic heterocycles. The smallest absolute Gasteiger partial charge is 0.329 e. The highest BCUT2D eigenvalue weighted by Crippen LogP contribution is 2.35. The summed E-state index contributed by atoms with van der Waals surface area (Å²) in [5.74, 6) is -0.0469. The molecular formula is C25H20Cl2N2O3. The third kappa shape index (κ3) is 4.96. The minimum atomic E-state index is -0.472. The van der Waals surface area contributed by atoms with Crippen LogP contribution < -0.4 is 10.1 Å². The number of urea groups is 1. The molecule has 3 amide bonds. The van der Waals surface area contributed by atoms with Crippen molar-refractivity contribution in [3.63, 3.8) is 0 Å². The first kappa shape index (κ1) is 21.9. The zero-order chi connectivity index (χ0) is 22.7. The number of aryl methyl sites for hydroxylation is 1. The Kier molecular flexibility index (Phi) is 6.49. The first-order valence-electron chi connectivity index (χ1n) is 9.96. The fourth-order valence-electron chi connectivity index (χ4n) is 3.29. The molecule has 0 atom stereocenters. The van der Waals surface area contributed by atoms with Crippen LogP contribution in [0.2, 0.25) is 10.0 Å². The van der Waals surface area contributed by atoms with E-state index in [1.165, 1.54) is 0 Å². The van der Waals surface area contributed by atoms with E-state index in [1.807, 2.05) is 61.5 Å². The molecule has 32 heavy (non-hydrogen) atoms. The molecule has 0 radical (unpaired) electrons. The van der Waals surface area contributed by atoms with E-state index in [-0.39, 0.29) is 12.2 Å². The van der Waals surface area contributed by atoms with Crippen molar-refractivity contribution in [2.24, 2.45) is 0 Å². The largest absolute Gasteiger partial charge is 0.486 e. The Morgan fingerprint density at radius 1 is 0.938 bits per heavy atom. The molecular weight excluding hydrogens is 447 g/mol. The summed E-state index contributed by atoms with van der Waals surface area (Å²) in [5, 5.41) is 3.24. The highest BCUT2D eigenvalue weighted by Gasteiger charge is 2.33. The van der Waals surface area contributed by atoms with Crippen LogP contribution in [0.25, 0.3) is 6.08 Å². The molecule has 1 heterocycles. The fourth-order valence-corrected chi connectivity index (χ4v) is 3.90. The third-order valence-electron chi connectivity index (χ3n) is 4.98. The highest BCUT2D eigenvalue weighted by molar-refractivity contribution is 6.37. The lowest BCUT2D eigenvalue weighted by Gasteiger charge is -2.12. The number of hydrogen-bond donors (Lipinski definition) is 1. The average molecular weight is 467 g/mol. The molecule has 1 fully saturated rings. The molecule has 1 saturated heterocycles. The summed E-state index contributed by atoms with van der Waals surface area (Å²) in [6, 6.07) is 20.1. The van der Waals surface area contributed by atoms with Crippen LogP contribution in [-0.4, -0.2) is 16.8 Å². The van der Waals surface area contributed by atoms with Crippen molar-refractivity contribution in [1.82, 2.24) is 10.2 Å². The van der Waals surface area contributed by atoms with E-state index in [4.69, 9.17) is 27.9 Å². The maximum Gasteiger partial charge on any atom is 0.329 e. The van der Waals surface area contributed by atoms with Crippen LogP contribution in [0.4, 0.5) is 4.79 Å². The minimum absolute atomic E-state index is 0.159. The second-order valence-electron chi connectivity index (χ2n) is 7.45. The van der Waals surface area contributed by atoms with Crippen molar-refractivity contribution in [1.29, 1.82) is 0 Å². The van der Waals surface area contributed by atoms with Crippen molar-refractivity contribution in [2.75, 3.05) is 0 Å². The Labute approximate surface area is 196 Å². The van der Waals surface area contributed by atoms with Gasteiger partial charge in [0.25, 0.3) is 5.91 Å². The van der Waals surface area contributed by atoms with Crippen LogP contribution in [0.5, 0.6) is 5.75 Å². The molecule has 0 aromatic heterocycles. The van der Waals surface area contributed by atoms with Gasteiger partial charge in [0.2, 0.25) is 0 Å². The lowest BCUT2D eigenvalue weighted by molar-refractivity contribution is -0.123. The second kappa shape index (κ2) is 9.47. The number of carbonyl (C=O) groups excluding carboxylic acids is 2. The standard InChI is InChI=1S/C25H20Cl2N2O3/c1-16-7-9-18(10-8-16)15-32-23-20(26)11-19(12-21(23)27)13-22-24(30)29(25(31)28-22)14-17-5-3-2-4-6-17/h2-13H,14-15H2,1H3,(H,28,31)/b22-13+. The van der Waals surface area contributed by atoms with E-state index in [0.29, 0.717) is 28.0 Å². The normalized spacial score (nSPS) is 14.7. The van der Waals surface area contributed by atoms with Crippen molar-refractivity contribution >= 4 is 41.2 Å². The molecule has 0 saturated carbocycles. The Balaban J connectivity index is 1.49. The Bertz CT molecular complexity index is 1170. The van der Waals surface area contributed by atoms with Crippen LogP contribution in [0.15, 0.2) is 72.4 Å². The van der Waals surface area contributed by atoms with Crippen LogP contribution in [0.1, 0.15) is 22.3 Å². The fraction of sp³-hybridized carbons (Fsp3) is 0.120. The number of nitrogens with one attached hydrogen (secondary N) is 1. The van der Waals surface area contributed by atoms with Crippen molar-refractivity contribution in [2.45, 2.75) is 20.1 Å². The number of benzene rings is 3. The van der Waals surface area contributed by atoms with Gasteiger partial charge in [0.15, 0.2) is 5.75 Å². The predicted octanol–water partition coefficient (Wildman–Crippen LogP) is 5.97. The third-order valence-corrected chi connectivity index (χ3v) is 5.54. The number of amides is 3. The first-order chi connectivity index (χ1) is 15.4. The summed E-state index contributed by atoms with van der Waals surface area (Å²) in [4.78, 5) is 26.2. The molecule has 4 rings (SSSR count).